The molecule has 1 unspecified atom stereocenters. The van der Waals surface area contributed by atoms with E-state index in [1.165, 1.54) is 24.0 Å². The van der Waals surface area contributed by atoms with Crippen LogP contribution in [0, 0.1) is 18.3 Å². The monoisotopic (exact) mass is 230 g/mol. The maximum absolute atomic E-state index is 8.83. The van der Waals surface area contributed by atoms with Crippen molar-refractivity contribution in [2.75, 3.05) is 7.05 Å². The number of benzene rings is 1. The second-order valence-electron chi connectivity index (χ2n) is 4.81. The van der Waals surface area contributed by atoms with Crippen molar-refractivity contribution in [2.45, 2.75) is 46.2 Å². The van der Waals surface area contributed by atoms with Crippen LogP contribution in [0.25, 0.3) is 0 Å². The molecule has 0 aromatic heterocycles. The molecule has 0 N–H and O–H groups in total. The van der Waals surface area contributed by atoms with E-state index in [0.717, 1.165) is 12.1 Å². The fourth-order valence-electron chi connectivity index (χ4n) is 2.01. The van der Waals surface area contributed by atoms with E-state index < -0.39 is 0 Å². The molecule has 0 spiro atoms. The quantitative estimate of drug-likeness (QED) is 0.774. The zero-order valence-electron chi connectivity index (χ0n) is 11.3. The Bertz CT molecular complexity index is 404. The van der Waals surface area contributed by atoms with E-state index in [1.807, 2.05) is 12.1 Å². The molecule has 0 aliphatic heterocycles. The third-order valence-electron chi connectivity index (χ3n) is 3.35. The summed E-state index contributed by atoms with van der Waals surface area (Å²) in [6.07, 6.45) is 2.45. The first-order chi connectivity index (χ1) is 8.08. The van der Waals surface area contributed by atoms with E-state index in [4.69, 9.17) is 5.26 Å². The Balaban J connectivity index is 2.72. The Labute approximate surface area is 105 Å². The summed E-state index contributed by atoms with van der Waals surface area (Å²) >= 11 is 0. The predicted molar refractivity (Wildman–Crippen MR) is 71.7 cm³/mol. The van der Waals surface area contributed by atoms with E-state index in [2.05, 4.69) is 44.9 Å². The molecule has 0 saturated carbocycles. The van der Waals surface area contributed by atoms with E-state index in [-0.39, 0.29) is 0 Å². The minimum absolute atomic E-state index is 0.607. The highest BCUT2D eigenvalue weighted by Crippen LogP contribution is 2.15. The van der Waals surface area contributed by atoms with Gasteiger partial charge in [-0.05, 0) is 50.6 Å². The van der Waals surface area contributed by atoms with Crippen LogP contribution in [0.2, 0.25) is 0 Å². The summed E-state index contributed by atoms with van der Waals surface area (Å²) in [4.78, 5) is 2.37. The van der Waals surface area contributed by atoms with Gasteiger partial charge in [0.15, 0.2) is 0 Å². The SMILES string of the molecule is CCCC(C)N(C)Cc1ccc(C#N)cc1C. The highest BCUT2D eigenvalue weighted by Gasteiger charge is 2.10. The second-order valence-corrected chi connectivity index (χ2v) is 4.81. The molecule has 1 aromatic carbocycles. The maximum Gasteiger partial charge on any atom is 0.0991 e. The minimum atomic E-state index is 0.607. The third-order valence-corrected chi connectivity index (χ3v) is 3.35. The number of nitrogens with zero attached hydrogens (tertiary/aromatic N) is 2. The molecule has 0 bridgehead atoms. The van der Waals surface area contributed by atoms with Gasteiger partial charge in [0.05, 0.1) is 11.6 Å². The van der Waals surface area contributed by atoms with Gasteiger partial charge in [0, 0.05) is 12.6 Å². The van der Waals surface area contributed by atoms with Crippen molar-refractivity contribution < 1.29 is 0 Å². The summed E-state index contributed by atoms with van der Waals surface area (Å²) in [5.74, 6) is 0. The Morgan fingerprint density at radius 1 is 1.41 bits per heavy atom. The molecular weight excluding hydrogens is 208 g/mol. The molecule has 0 aliphatic carbocycles. The zero-order chi connectivity index (χ0) is 12.8. The van der Waals surface area contributed by atoms with Gasteiger partial charge in [-0.1, -0.05) is 19.4 Å². The van der Waals surface area contributed by atoms with Gasteiger partial charge < -0.3 is 0 Å². The van der Waals surface area contributed by atoms with Crippen molar-refractivity contribution in [1.29, 1.82) is 5.26 Å². The summed E-state index contributed by atoms with van der Waals surface area (Å²) in [5.41, 5.74) is 3.27. The van der Waals surface area contributed by atoms with Crippen LogP contribution < -0.4 is 0 Å². The van der Waals surface area contributed by atoms with E-state index in [0.29, 0.717) is 6.04 Å². The highest BCUT2D eigenvalue weighted by atomic mass is 15.1. The van der Waals surface area contributed by atoms with Gasteiger partial charge in [-0.3, -0.25) is 4.90 Å². The normalized spacial score (nSPS) is 12.5. The van der Waals surface area contributed by atoms with E-state index >= 15 is 0 Å². The molecule has 1 atom stereocenters. The van der Waals surface area contributed by atoms with Crippen molar-refractivity contribution in [3.05, 3.63) is 34.9 Å². The van der Waals surface area contributed by atoms with Gasteiger partial charge in [0.2, 0.25) is 0 Å². The van der Waals surface area contributed by atoms with Crippen LogP contribution >= 0.6 is 0 Å². The summed E-state index contributed by atoms with van der Waals surface area (Å²) in [6.45, 7) is 7.52. The Kier molecular flexibility index (Phi) is 5.18. The molecule has 17 heavy (non-hydrogen) atoms. The number of nitriles is 1. The molecule has 1 rings (SSSR count). The van der Waals surface area contributed by atoms with Crippen LogP contribution in [0.1, 0.15) is 43.4 Å². The number of rotatable bonds is 5. The molecule has 0 radical (unpaired) electrons. The first-order valence-electron chi connectivity index (χ1n) is 6.28. The standard InChI is InChI=1S/C15H22N2/c1-5-6-13(3)17(4)11-15-8-7-14(10-16)9-12(15)2/h7-9,13H,5-6,11H2,1-4H3. The molecular formula is C15H22N2. The van der Waals surface area contributed by atoms with Gasteiger partial charge in [-0.15, -0.1) is 0 Å². The molecule has 0 aliphatic rings. The lowest BCUT2D eigenvalue weighted by Crippen LogP contribution is -2.28. The lowest BCUT2D eigenvalue weighted by atomic mass is 10.0. The van der Waals surface area contributed by atoms with Crippen molar-refractivity contribution >= 4 is 0 Å². The second kappa shape index (κ2) is 6.42. The largest absolute Gasteiger partial charge is 0.299 e. The maximum atomic E-state index is 8.83. The molecule has 2 nitrogen and oxygen atoms in total. The van der Waals surface area contributed by atoms with Crippen LogP contribution in [0.4, 0.5) is 0 Å². The van der Waals surface area contributed by atoms with Gasteiger partial charge in [-0.25, -0.2) is 0 Å². The highest BCUT2D eigenvalue weighted by molar-refractivity contribution is 5.37. The average Bonchev–Trinajstić information content (AvgIpc) is 2.31. The number of aryl methyl sites for hydroxylation is 1. The van der Waals surface area contributed by atoms with Gasteiger partial charge in [0.25, 0.3) is 0 Å². The summed E-state index contributed by atoms with van der Waals surface area (Å²) in [7, 11) is 2.16. The Morgan fingerprint density at radius 3 is 2.65 bits per heavy atom. The molecule has 0 saturated heterocycles. The first kappa shape index (κ1) is 13.7. The average molecular weight is 230 g/mol. The molecule has 0 fully saturated rings. The fraction of sp³-hybridized carbons (Fsp3) is 0.533. The Hall–Kier alpha value is -1.33. The molecule has 1 aromatic rings. The zero-order valence-corrected chi connectivity index (χ0v) is 11.3. The van der Waals surface area contributed by atoms with Crippen LogP contribution in [0.15, 0.2) is 18.2 Å². The molecule has 0 heterocycles. The molecule has 0 amide bonds. The van der Waals surface area contributed by atoms with E-state index in [9.17, 15) is 0 Å². The first-order valence-corrected chi connectivity index (χ1v) is 6.28. The Morgan fingerprint density at radius 2 is 2.12 bits per heavy atom. The van der Waals surface area contributed by atoms with Crippen LogP contribution in [-0.2, 0) is 6.54 Å². The lowest BCUT2D eigenvalue weighted by molar-refractivity contribution is 0.236. The number of hydrogen-bond acceptors (Lipinski definition) is 2. The summed E-state index contributed by atoms with van der Waals surface area (Å²) < 4.78 is 0. The van der Waals surface area contributed by atoms with E-state index in [1.54, 1.807) is 0 Å². The van der Waals surface area contributed by atoms with Crippen molar-refractivity contribution in [3.8, 4) is 6.07 Å². The fourth-order valence-corrected chi connectivity index (χ4v) is 2.01. The van der Waals surface area contributed by atoms with Crippen molar-refractivity contribution in [3.63, 3.8) is 0 Å². The third kappa shape index (κ3) is 3.87. The molecule has 92 valence electrons. The van der Waals surface area contributed by atoms with Gasteiger partial charge in [0.1, 0.15) is 0 Å². The van der Waals surface area contributed by atoms with Crippen LogP contribution in [0.3, 0.4) is 0 Å². The lowest BCUT2D eigenvalue weighted by Gasteiger charge is -2.25. The minimum Gasteiger partial charge on any atom is -0.299 e. The summed E-state index contributed by atoms with van der Waals surface area (Å²) in [6, 6.07) is 8.73. The van der Waals surface area contributed by atoms with Crippen LogP contribution in [-0.4, -0.2) is 18.0 Å². The van der Waals surface area contributed by atoms with Crippen molar-refractivity contribution in [2.24, 2.45) is 0 Å². The van der Waals surface area contributed by atoms with Gasteiger partial charge >= 0.3 is 0 Å². The van der Waals surface area contributed by atoms with Crippen molar-refractivity contribution in [1.82, 2.24) is 4.90 Å². The number of hydrogen-bond donors (Lipinski definition) is 0. The van der Waals surface area contributed by atoms with Gasteiger partial charge in [-0.2, -0.15) is 5.26 Å². The van der Waals surface area contributed by atoms with Crippen LogP contribution in [0.5, 0.6) is 0 Å². The molecule has 2 heteroatoms. The smallest absolute Gasteiger partial charge is 0.0991 e. The summed E-state index contributed by atoms with van der Waals surface area (Å²) in [5, 5.41) is 8.83. The predicted octanol–water partition coefficient (Wildman–Crippen LogP) is 3.49. The topological polar surface area (TPSA) is 27.0 Å².